The van der Waals surface area contributed by atoms with E-state index in [0.29, 0.717) is 11.1 Å². The fourth-order valence-electron chi connectivity index (χ4n) is 4.52. The van der Waals surface area contributed by atoms with Crippen molar-refractivity contribution >= 4 is 37.0 Å². The number of nitrogens with zero attached hydrogens (tertiary/aromatic N) is 1. The van der Waals surface area contributed by atoms with Crippen molar-refractivity contribution in [3.63, 3.8) is 0 Å². The van der Waals surface area contributed by atoms with E-state index >= 15 is 0 Å². The van der Waals surface area contributed by atoms with Crippen molar-refractivity contribution in [2.45, 2.75) is 29.0 Å². The molecular formula is C28H30ClNO5S2. The first-order valence-electron chi connectivity index (χ1n) is 11.9. The third kappa shape index (κ3) is 5.68. The van der Waals surface area contributed by atoms with Gasteiger partial charge in [-0.15, -0.1) is 11.6 Å². The Labute approximate surface area is 224 Å². The number of benzene rings is 3. The molecule has 37 heavy (non-hydrogen) atoms. The molecule has 0 N–H and O–H groups in total. The van der Waals surface area contributed by atoms with E-state index in [1.807, 2.05) is 44.2 Å². The van der Waals surface area contributed by atoms with Crippen LogP contribution in [0.2, 0.25) is 0 Å². The highest BCUT2D eigenvalue weighted by Crippen LogP contribution is 2.41. The second-order valence-electron chi connectivity index (χ2n) is 9.21. The van der Waals surface area contributed by atoms with Gasteiger partial charge in [-0.1, -0.05) is 65.7 Å². The van der Waals surface area contributed by atoms with Gasteiger partial charge in [-0.05, 0) is 49.2 Å². The third-order valence-electron chi connectivity index (χ3n) is 6.55. The topological polar surface area (TPSA) is 80.8 Å². The largest absolute Gasteiger partial charge is 0.383 e. The maximum Gasteiger partial charge on any atom is 0.243 e. The molecule has 6 nitrogen and oxygen atoms in total. The lowest BCUT2D eigenvalue weighted by molar-refractivity contribution is 0.183. The maximum absolute atomic E-state index is 14.1. The number of ether oxygens (including phenoxy) is 1. The Bertz CT molecular complexity index is 1480. The highest BCUT2D eigenvalue weighted by Gasteiger charge is 2.42. The summed E-state index contributed by atoms with van der Waals surface area (Å²) in [5.74, 6) is -0.631. The molecule has 0 aromatic heterocycles. The Morgan fingerprint density at radius 2 is 1.41 bits per heavy atom. The van der Waals surface area contributed by atoms with Gasteiger partial charge in [0, 0.05) is 19.6 Å². The van der Waals surface area contributed by atoms with Crippen LogP contribution >= 0.6 is 11.6 Å². The predicted molar refractivity (Wildman–Crippen MR) is 147 cm³/mol. The number of sulfonamides is 1. The van der Waals surface area contributed by atoms with Gasteiger partial charge in [0.25, 0.3) is 0 Å². The molecule has 2 atom stereocenters. The summed E-state index contributed by atoms with van der Waals surface area (Å²) in [7, 11) is -6.57. The van der Waals surface area contributed by atoms with E-state index in [2.05, 4.69) is 0 Å². The van der Waals surface area contributed by atoms with Crippen molar-refractivity contribution < 1.29 is 21.6 Å². The number of sulfone groups is 1. The minimum absolute atomic E-state index is 0.0187. The van der Waals surface area contributed by atoms with Crippen LogP contribution in [0.4, 0.5) is 0 Å². The predicted octanol–water partition coefficient (Wildman–Crippen LogP) is 5.06. The second-order valence-corrected chi connectivity index (χ2v) is 13.7. The molecule has 0 amide bonds. The molecule has 1 aliphatic heterocycles. The molecule has 1 heterocycles. The molecule has 0 unspecified atom stereocenters. The van der Waals surface area contributed by atoms with Crippen molar-refractivity contribution in [1.82, 2.24) is 4.31 Å². The quantitative estimate of drug-likeness (QED) is 0.360. The molecule has 3 aromatic carbocycles. The number of alkyl halides is 1. The number of aryl methyl sites for hydroxylation is 2. The van der Waals surface area contributed by atoms with E-state index in [1.54, 1.807) is 36.4 Å². The fraction of sp³-hybridized carbons (Fsp3) is 0.286. The summed E-state index contributed by atoms with van der Waals surface area (Å²) < 4.78 is 62.3. The smallest absolute Gasteiger partial charge is 0.243 e. The van der Waals surface area contributed by atoms with Crippen LogP contribution in [0.1, 0.15) is 16.7 Å². The fourth-order valence-corrected chi connectivity index (χ4v) is 8.03. The van der Waals surface area contributed by atoms with Crippen LogP contribution in [0.25, 0.3) is 5.57 Å². The molecule has 3 aromatic rings. The molecule has 1 aliphatic rings. The Balaban J connectivity index is 1.95. The minimum atomic E-state index is -4.07. The summed E-state index contributed by atoms with van der Waals surface area (Å²) >= 11 is 6.79. The minimum Gasteiger partial charge on any atom is -0.383 e. The summed E-state index contributed by atoms with van der Waals surface area (Å²) in [5, 5.41) is -0.667. The van der Waals surface area contributed by atoms with Crippen molar-refractivity contribution in [2.75, 3.05) is 26.8 Å². The average Bonchev–Trinajstić information content (AvgIpc) is 2.89. The monoisotopic (exact) mass is 559 g/mol. The number of rotatable bonds is 8. The first-order valence-corrected chi connectivity index (χ1v) is 15.2. The van der Waals surface area contributed by atoms with Gasteiger partial charge in [0.2, 0.25) is 19.9 Å². The van der Waals surface area contributed by atoms with Crippen LogP contribution < -0.4 is 0 Å². The molecule has 0 bridgehead atoms. The van der Waals surface area contributed by atoms with Gasteiger partial charge in [-0.25, -0.2) is 16.8 Å². The van der Waals surface area contributed by atoms with E-state index < -0.39 is 31.2 Å². The van der Waals surface area contributed by atoms with Crippen molar-refractivity contribution in [3.8, 4) is 0 Å². The molecule has 0 fully saturated rings. The van der Waals surface area contributed by atoms with Crippen LogP contribution in [0.5, 0.6) is 0 Å². The van der Waals surface area contributed by atoms with E-state index in [1.165, 1.54) is 23.5 Å². The van der Waals surface area contributed by atoms with Crippen molar-refractivity contribution in [1.29, 1.82) is 0 Å². The number of hydrogen-bond donors (Lipinski definition) is 0. The van der Waals surface area contributed by atoms with Gasteiger partial charge in [0.15, 0.2) is 0 Å². The third-order valence-corrected chi connectivity index (χ3v) is 10.7. The molecule has 0 radical (unpaired) electrons. The van der Waals surface area contributed by atoms with Crippen LogP contribution in [-0.4, -0.2) is 53.3 Å². The van der Waals surface area contributed by atoms with Crippen LogP contribution in [0.15, 0.2) is 93.6 Å². The highest BCUT2D eigenvalue weighted by atomic mass is 35.5. The lowest BCUT2D eigenvalue weighted by Gasteiger charge is -2.37. The zero-order valence-electron chi connectivity index (χ0n) is 21.0. The maximum atomic E-state index is 14.1. The zero-order chi connectivity index (χ0) is 26.8. The average molecular weight is 560 g/mol. The molecule has 196 valence electrons. The van der Waals surface area contributed by atoms with Gasteiger partial charge >= 0.3 is 0 Å². The molecule has 0 spiro atoms. The molecule has 0 saturated carbocycles. The number of methoxy groups -OCH3 is 1. The summed E-state index contributed by atoms with van der Waals surface area (Å²) in [5.41, 5.74) is 3.05. The van der Waals surface area contributed by atoms with Crippen LogP contribution in [-0.2, 0) is 24.6 Å². The van der Waals surface area contributed by atoms with Crippen molar-refractivity contribution in [2.24, 2.45) is 5.92 Å². The molecular weight excluding hydrogens is 530 g/mol. The lowest BCUT2D eigenvalue weighted by atomic mass is 9.87. The zero-order valence-corrected chi connectivity index (χ0v) is 23.4. The van der Waals surface area contributed by atoms with E-state index in [4.69, 9.17) is 16.3 Å². The first-order chi connectivity index (χ1) is 17.6. The Morgan fingerprint density at radius 1 is 0.865 bits per heavy atom. The Kier molecular flexibility index (Phi) is 8.26. The Morgan fingerprint density at radius 3 is 1.95 bits per heavy atom. The summed E-state index contributed by atoms with van der Waals surface area (Å²) in [6, 6.07) is 22.2. The van der Waals surface area contributed by atoms with Gasteiger partial charge < -0.3 is 4.74 Å². The summed E-state index contributed by atoms with van der Waals surface area (Å²) in [6.45, 7) is 3.59. The summed E-state index contributed by atoms with van der Waals surface area (Å²) in [6.07, 6.45) is 0. The molecule has 0 saturated heterocycles. The molecule has 4 rings (SSSR count). The highest BCUT2D eigenvalue weighted by molar-refractivity contribution is 7.95. The van der Waals surface area contributed by atoms with E-state index in [-0.39, 0.29) is 34.4 Å². The molecule has 9 heteroatoms. The van der Waals surface area contributed by atoms with Crippen molar-refractivity contribution in [3.05, 3.63) is 100 Å². The number of halogens is 1. The van der Waals surface area contributed by atoms with Gasteiger partial charge in [0.05, 0.1) is 33.2 Å². The van der Waals surface area contributed by atoms with Crippen LogP contribution in [0, 0.1) is 19.8 Å². The van der Waals surface area contributed by atoms with Gasteiger partial charge in [-0.2, -0.15) is 4.31 Å². The normalized spacial score (nSPS) is 18.1. The van der Waals surface area contributed by atoms with E-state index in [0.717, 1.165) is 11.1 Å². The SMILES string of the molecule is COC[C@H](Cl)[C@@H]1CN(S(=O)(=O)c2ccc(C)cc2)CC(S(=O)(=O)c2ccc(C)cc2)=C1c1ccccc1. The second kappa shape index (κ2) is 11.1. The number of hydrogen-bond acceptors (Lipinski definition) is 5. The van der Waals surface area contributed by atoms with E-state index in [9.17, 15) is 16.8 Å². The van der Waals surface area contributed by atoms with Gasteiger partial charge in [0.1, 0.15) is 0 Å². The van der Waals surface area contributed by atoms with Gasteiger partial charge in [-0.3, -0.25) is 0 Å². The lowest BCUT2D eigenvalue weighted by Crippen LogP contribution is -2.45. The Hall–Kier alpha value is -2.49. The molecule has 0 aliphatic carbocycles. The first kappa shape index (κ1) is 27.5. The summed E-state index contributed by atoms with van der Waals surface area (Å²) in [4.78, 5) is 0.230. The van der Waals surface area contributed by atoms with Crippen LogP contribution in [0.3, 0.4) is 0 Å². The standard InChI is InChI=1S/C28H30ClNO5S2/c1-20-9-13-23(14-10-20)36(31,32)27-18-30(37(33,34)24-15-11-21(2)12-16-24)17-25(26(29)19-35-3)28(27)22-7-5-4-6-8-22/h4-16,25-26H,17-19H2,1-3H3/t25-,26-/m0/s1.